The van der Waals surface area contributed by atoms with Crippen LogP contribution in [0.3, 0.4) is 0 Å². The average Bonchev–Trinajstić information content (AvgIpc) is 2.35. The molecule has 0 radical (unpaired) electrons. The third kappa shape index (κ3) is 3.44. The van der Waals surface area contributed by atoms with E-state index in [-0.39, 0.29) is 11.6 Å². The van der Waals surface area contributed by atoms with Crippen molar-refractivity contribution in [3.8, 4) is 22.6 Å². The smallest absolute Gasteiger partial charge is 0.416 e. The molecule has 2 rings (SSSR count). The van der Waals surface area contributed by atoms with E-state index in [1.165, 1.54) is 0 Å². The fraction of sp³-hybridized carbons (Fsp3) is 0.143. The molecule has 2 aromatic rings. The molecule has 22 heavy (non-hydrogen) atoms. The number of phenolic OH excluding ortho intramolecular Hbond substituents is 2. The Morgan fingerprint density at radius 3 is 1.27 bits per heavy atom. The fourth-order valence-electron chi connectivity index (χ4n) is 1.88. The summed E-state index contributed by atoms with van der Waals surface area (Å²) in [6.07, 6.45) is -9.93. The Hall–Kier alpha value is -2.38. The van der Waals surface area contributed by atoms with Gasteiger partial charge in [0.05, 0.1) is 11.1 Å². The van der Waals surface area contributed by atoms with E-state index in [1.807, 2.05) is 0 Å². The molecule has 0 heterocycles. The zero-order chi connectivity index (χ0) is 16.7. The molecular formula is C14H8F6O2. The van der Waals surface area contributed by atoms with E-state index in [0.29, 0.717) is 12.1 Å². The van der Waals surface area contributed by atoms with E-state index in [4.69, 9.17) is 0 Å². The number of phenols is 2. The molecule has 0 saturated heterocycles. The highest BCUT2D eigenvalue weighted by molar-refractivity contribution is 5.68. The van der Waals surface area contributed by atoms with Crippen LogP contribution in [0.25, 0.3) is 11.1 Å². The predicted molar refractivity (Wildman–Crippen MR) is 65.2 cm³/mol. The lowest BCUT2D eigenvalue weighted by Gasteiger charge is -2.14. The Labute approximate surface area is 120 Å². The standard InChI is InChI=1S/C14H8F6O2/c15-13(16,17)9-1-7(2-10(5-9)14(18,19)20)8-3-11(21)6-12(22)4-8/h1-6,21-22H. The van der Waals surface area contributed by atoms with Crippen molar-refractivity contribution < 1.29 is 36.6 Å². The van der Waals surface area contributed by atoms with Crippen molar-refractivity contribution in [1.29, 1.82) is 0 Å². The molecular weight excluding hydrogens is 314 g/mol. The molecule has 0 spiro atoms. The highest BCUT2D eigenvalue weighted by atomic mass is 19.4. The highest BCUT2D eigenvalue weighted by Gasteiger charge is 2.37. The minimum atomic E-state index is -4.96. The molecule has 0 amide bonds. The predicted octanol–water partition coefficient (Wildman–Crippen LogP) is 4.80. The Kier molecular flexibility index (Phi) is 3.72. The topological polar surface area (TPSA) is 40.5 Å². The van der Waals surface area contributed by atoms with Gasteiger partial charge in [-0.05, 0) is 41.5 Å². The lowest BCUT2D eigenvalue weighted by atomic mass is 9.98. The monoisotopic (exact) mass is 322 g/mol. The summed E-state index contributed by atoms with van der Waals surface area (Å²) in [5, 5.41) is 18.6. The molecule has 8 heteroatoms. The summed E-state index contributed by atoms with van der Waals surface area (Å²) >= 11 is 0. The maximum Gasteiger partial charge on any atom is 0.416 e. The van der Waals surface area contributed by atoms with Gasteiger partial charge in [0.25, 0.3) is 0 Å². The van der Waals surface area contributed by atoms with E-state index >= 15 is 0 Å². The fourth-order valence-corrected chi connectivity index (χ4v) is 1.88. The van der Waals surface area contributed by atoms with Gasteiger partial charge in [0.15, 0.2) is 0 Å². The van der Waals surface area contributed by atoms with E-state index in [2.05, 4.69) is 0 Å². The third-order valence-corrected chi connectivity index (χ3v) is 2.82. The number of aromatic hydroxyl groups is 2. The van der Waals surface area contributed by atoms with Crippen LogP contribution in [-0.2, 0) is 12.4 Å². The van der Waals surface area contributed by atoms with E-state index in [9.17, 15) is 36.6 Å². The minimum absolute atomic E-state index is 0.00611. The first-order valence-corrected chi connectivity index (χ1v) is 5.80. The van der Waals surface area contributed by atoms with Crippen LogP contribution in [0.15, 0.2) is 36.4 Å². The van der Waals surface area contributed by atoms with Crippen LogP contribution in [0.4, 0.5) is 26.3 Å². The molecule has 2 nitrogen and oxygen atoms in total. The molecule has 0 aliphatic heterocycles. The summed E-state index contributed by atoms with van der Waals surface area (Å²) in [5.41, 5.74) is -3.54. The molecule has 0 atom stereocenters. The van der Waals surface area contributed by atoms with Crippen LogP contribution in [-0.4, -0.2) is 10.2 Å². The molecule has 0 aliphatic carbocycles. The van der Waals surface area contributed by atoms with E-state index in [1.54, 1.807) is 0 Å². The molecule has 0 bridgehead atoms. The second-order valence-corrected chi connectivity index (χ2v) is 4.53. The largest absolute Gasteiger partial charge is 0.508 e. The maximum absolute atomic E-state index is 12.7. The van der Waals surface area contributed by atoms with Crippen molar-refractivity contribution in [3.63, 3.8) is 0 Å². The summed E-state index contributed by atoms with van der Waals surface area (Å²) in [6, 6.07) is 3.85. The second-order valence-electron chi connectivity index (χ2n) is 4.53. The van der Waals surface area contributed by atoms with Crippen molar-refractivity contribution in [2.45, 2.75) is 12.4 Å². The van der Waals surface area contributed by atoms with Crippen molar-refractivity contribution in [2.75, 3.05) is 0 Å². The van der Waals surface area contributed by atoms with Gasteiger partial charge in [0.2, 0.25) is 0 Å². The number of hydrogen-bond donors (Lipinski definition) is 2. The van der Waals surface area contributed by atoms with Crippen LogP contribution < -0.4 is 0 Å². The summed E-state index contributed by atoms with van der Waals surface area (Å²) in [7, 11) is 0. The molecule has 2 N–H and O–H groups in total. The summed E-state index contributed by atoms with van der Waals surface area (Å²) < 4.78 is 76.5. The molecule has 2 aromatic carbocycles. The first-order valence-electron chi connectivity index (χ1n) is 5.80. The van der Waals surface area contributed by atoms with Crippen LogP contribution in [0.2, 0.25) is 0 Å². The van der Waals surface area contributed by atoms with Crippen LogP contribution in [0.5, 0.6) is 11.5 Å². The number of halogens is 6. The van der Waals surface area contributed by atoms with Gasteiger partial charge in [-0.3, -0.25) is 0 Å². The lowest BCUT2D eigenvalue weighted by molar-refractivity contribution is -0.143. The average molecular weight is 322 g/mol. The van der Waals surface area contributed by atoms with E-state index < -0.39 is 40.5 Å². The summed E-state index contributed by atoms with van der Waals surface area (Å²) in [4.78, 5) is 0. The Bertz CT molecular complexity index is 651. The summed E-state index contributed by atoms with van der Waals surface area (Å²) in [6.45, 7) is 0. The Morgan fingerprint density at radius 2 is 0.909 bits per heavy atom. The summed E-state index contributed by atoms with van der Waals surface area (Å²) in [5.74, 6) is -0.970. The van der Waals surface area contributed by atoms with Gasteiger partial charge >= 0.3 is 12.4 Å². The number of benzene rings is 2. The number of rotatable bonds is 1. The van der Waals surface area contributed by atoms with Crippen LogP contribution in [0, 0.1) is 0 Å². The van der Waals surface area contributed by atoms with Gasteiger partial charge in [-0.25, -0.2) is 0 Å². The zero-order valence-electron chi connectivity index (χ0n) is 10.6. The van der Waals surface area contributed by atoms with E-state index in [0.717, 1.165) is 18.2 Å². The van der Waals surface area contributed by atoms with Gasteiger partial charge in [-0.2, -0.15) is 26.3 Å². The SMILES string of the molecule is Oc1cc(O)cc(-c2cc(C(F)(F)F)cc(C(F)(F)F)c2)c1. The van der Waals surface area contributed by atoms with Gasteiger partial charge in [0.1, 0.15) is 11.5 Å². The molecule has 118 valence electrons. The quantitative estimate of drug-likeness (QED) is 0.740. The lowest BCUT2D eigenvalue weighted by Crippen LogP contribution is -2.11. The third-order valence-electron chi connectivity index (χ3n) is 2.82. The van der Waals surface area contributed by atoms with Crippen molar-refractivity contribution in [1.82, 2.24) is 0 Å². The van der Waals surface area contributed by atoms with Gasteiger partial charge < -0.3 is 10.2 Å². The molecule has 0 fully saturated rings. The Balaban J connectivity index is 2.70. The molecule has 0 aliphatic rings. The second kappa shape index (κ2) is 5.11. The van der Waals surface area contributed by atoms with Crippen LogP contribution >= 0.6 is 0 Å². The number of hydrogen-bond acceptors (Lipinski definition) is 2. The molecule has 0 saturated carbocycles. The Morgan fingerprint density at radius 1 is 0.545 bits per heavy atom. The van der Waals surface area contributed by atoms with Gasteiger partial charge in [0, 0.05) is 6.07 Å². The zero-order valence-corrected chi connectivity index (χ0v) is 10.6. The van der Waals surface area contributed by atoms with Crippen molar-refractivity contribution in [2.24, 2.45) is 0 Å². The van der Waals surface area contributed by atoms with Crippen molar-refractivity contribution in [3.05, 3.63) is 47.5 Å². The first-order chi connectivity index (χ1) is 9.96. The first kappa shape index (κ1) is 16.0. The van der Waals surface area contributed by atoms with Crippen molar-refractivity contribution >= 4 is 0 Å². The molecule has 0 aromatic heterocycles. The normalized spacial score (nSPS) is 12.5. The van der Waals surface area contributed by atoms with Gasteiger partial charge in [-0.15, -0.1) is 0 Å². The minimum Gasteiger partial charge on any atom is -0.508 e. The van der Waals surface area contributed by atoms with Crippen LogP contribution in [0.1, 0.15) is 11.1 Å². The highest BCUT2D eigenvalue weighted by Crippen LogP contribution is 2.39. The maximum atomic E-state index is 12.7. The van der Waals surface area contributed by atoms with Gasteiger partial charge in [-0.1, -0.05) is 0 Å². The molecule has 0 unspecified atom stereocenters. The number of alkyl halides is 6.